The molecule has 0 aliphatic rings. The van der Waals surface area contributed by atoms with Crippen molar-refractivity contribution < 1.29 is 4.74 Å². The van der Waals surface area contributed by atoms with Crippen molar-refractivity contribution in [3.8, 4) is 0 Å². The maximum Gasteiger partial charge on any atom is 0.0662 e. The zero-order valence-corrected chi connectivity index (χ0v) is 16.2. The van der Waals surface area contributed by atoms with Crippen LogP contribution in [0, 0.1) is 11.8 Å². The molecular weight excluding hydrogens is 256 g/mol. The summed E-state index contributed by atoms with van der Waals surface area (Å²) in [6.45, 7) is 18.5. The molecule has 2 unspecified atom stereocenters. The van der Waals surface area contributed by atoms with Crippen LogP contribution in [0.5, 0.6) is 0 Å². The third kappa shape index (κ3) is 9.55. The van der Waals surface area contributed by atoms with Gasteiger partial charge >= 0.3 is 0 Å². The number of hydrogen-bond acceptors (Lipinski definition) is 1. The van der Waals surface area contributed by atoms with Crippen molar-refractivity contribution in [2.45, 2.75) is 118 Å². The molecule has 0 radical (unpaired) electrons. The zero-order valence-electron chi connectivity index (χ0n) is 16.2. The van der Waals surface area contributed by atoms with E-state index in [1.54, 1.807) is 0 Å². The molecular formula is C20H42O. The molecule has 1 heteroatoms. The first-order valence-electron chi connectivity index (χ1n) is 9.36. The summed E-state index contributed by atoms with van der Waals surface area (Å²) < 4.78 is 6.81. The van der Waals surface area contributed by atoms with E-state index in [0.29, 0.717) is 0 Å². The summed E-state index contributed by atoms with van der Waals surface area (Å²) >= 11 is 0. The number of rotatable bonds is 12. The van der Waals surface area contributed by atoms with Gasteiger partial charge in [0.05, 0.1) is 11.2 Å². The molecule has 0 saturated carbocycles. The van der Waals surface area contributed by atoms with Crippen LogP contribution >= 0.6 is 0 Å². The molecule has 0 spiro atoms. The second kappa shape index (κ2) is 9.87. The summed E-state index contributed by atoms with van der Waals surface area (Å²) in [7, 11) is 0. The van der Waals surface area contributed by atoms with Crippen LogP contribution in [0.25, 0.3) is 0 Å². The van der Waals surface area contributed by atoms with E-state index in [4.69, 9.17) is 4.74 Å². The van der Waals surface area contributed by atoms with Crippen molar-refractivity contribution in [1.29, 1.82) is 0 Å². The van der Waals surface area contributed by atoms with Gasteiger partial charge in [-0.1, -0.05) is 54.4 Å². The van der Waals surface area contributed by atoms with Gasteiger partial charge in [-0.2, -0.15) is 0 Å². The molecule has 0 aromatic heterocycles. The lowest BCUT2D eigenvalue weighted by Crippen LogP contribution is -2.41. The van der Waals surface area contributed by atoms with Crippen molar-refractivity contribution in [3.05, 3.63) is 0 Å². The molecule has 0 heterocycles. The quantitative estimate of drug-likeness (QED) is 0.377. The highest BCUT2D eigenvalue weighted by Crippen LogP contribution is 2.36. The molecule has 1 nitrogen and oxygen atoms in total. The second-order valence-corrected chi connectivity index (χ2v) is 8.37. The fourth-order valence-corrected chi connectivity index (χ4v) is 3.29. The zero-order chi connectivity index (χ0) is 16.5. The van der Waals surface area contributed by atoms with E-state index in [2.05, 4.69) is 55.4 Å². The summed E-state index contributed by atoms with van der Waals surface area (Å²) in [5, 5.41) is 0. The fourth-order valence-electron chi connectivity index (χ4n) is 3.29. The molecule has 0 aromatic carbocycles. The molecule has 128 valence electrons. The normalized spacial score (nSPS) is 18.0. The Hall–Kier alpha value is -0.0400. The molecule has 0 N–H and O–H groups in total. The van der Waals surface area contributed by atoms with E-state index in [9.17, 15) is 0 Å². The van der Waals surface area contributed by atoms with E-state index < -0.39 is 0 Å². The first-order valence-corrected chi connectivity index (χ1v) is 9.36. The predicted molar refractivity (Wildman–Crippen MR) is 95.9 cm³/mol. The van der Waals surface area contributed by atoms with Crippen LogP contribution in [-0.2, 0) is 4.74 Å². The van der Waals surface area contributed by atoms with Crippen molar-refractivity contribution >= 4 is 0 Å². The Bertz CT molecular complexity index is 233. The van der Waals surface area contributed by atoms with Crippen molar-refractivity contribution in [1.82, 2.24) is 0 Å². The summed E-state index contributed by atoms with van der Waals surface area (Å²) in [4.78, 5) is 0. The maximum absolute atomic E-state index is 6.81. The monoisotopic (exact) mass is 298 g/mol. The van der Waals surface area contributed by atoms with Gasteiger partial charge in [-0.05, 0) is 64.2 Å². The molecule has 0 aliphatic carbocycles. The summed E-state index contributed by atoms with van der Waals surface area (Å²) in [6.07, 6.45) is 9.70. The van der Waals surface area contributed by atoms with Crippen molar-refractivity contribution in [2.75, 3.05) is 0 Å². The van der Waals surface area contributed by atoms with Gasteiger partial charge in [0.1, 0.15) is 0 Å². The summed E-state index contributed by atoms with van der Waals surface area (Å²) in [6, 6.07) is 0. The average Bonchev–Trinajstić information content (AvgIpc) is 2.35. The molecule has 0 amide bonds. The van der Waals surface area contributed by atoms with Gasteiger partial charge in [0.2, 0.25) is 0 Å². The van der Waals surface area contributed by atoms with Gasteiger partial charge in [0.25, 0.3) is 0 Å². The minimum absolute atomic E-state index is 0.0555. The van der Waals surface area contributed by atoms with E-state index in [0.717, 1.165) is 11.8 Å². The molecule has 21 heavy (non-hydrogen) atoms. The Morgan fingerprint density at radius 2 is 1.00 bits per heavy atom. The lowest BCUT2D eigenvalue weighted by atomic mass is 9.86. The van der Waals surface area contributed by atoms with Gasteiger partial charge in [0, 0.05) is 0 Å². The van der Waals surface area contributed by atoms with Crippen molar-refractivity contribution in [2.24, 2.45) is 11.8 Å². The lowest BCUT2D eigenvalue weighted by molar-refractivity contribution is -0.157. The molecule has 0 aliphatic heterocycles. The van der Waals surface area contributed by atoms with Crippen molar-refractivity contribution in [3.63, 3.8) is 0 Å². The van der Waals surface area contributed by atoms with Gasteiger partial charge in [-0.15, -0.1) is 0 Å². The van der Waals surface area contributed by atoms with Gasteiger partial charge < -0.3 is 4.74 Å². The van der Waals surface area contributed by atoms with Gasteiger partial charge in [-0.3, -0.25) is 0 Å². The molecule has 0 bridgehead atoms. The first-order chi connectivity index (χ1) is 9.66. The van der Waals surface area contributed by atoms with Gasteiger partial charge in [0.15, 0.2) is 0 Å². The smallest absolute Gasteiger partial charge is 0.0662 e. The Labute approximate surface area is 135 Å². The molecule has 0 fully saturated rings. The number of ether oxygens (including phenoxy) is 1. The van der Waals surface area contributed by atoms with E-state index in [-0.39, 0.29) is 11.2 Å². The standard InChI is InChI=1S/C20H42O/c1-9-13-19(7,15-11-17(3)4)21-20(8,14-10-2)16-12-18(5)6/h17-18H,9-16H2,1-8H3. The molecule has 0 rings (SSSR count). The maximum atomic E-state index is 6.81. The van der Waals surface area contributed by atoms with Crippen LogP contribution in [0.3, 0.4) is 0 Å². The molecule has 0 aromatic rings. The fraction of sp³-hybridized carbons (Fsp3) is 1.00. The third-order valence-electron chi connectivity index (χ3n) is 4.55. The van der Waals surface area contributed by atoms with Gasteiger partial charge in [-0.25, -0.2) is 0 Å². The molecule has 0 saturated heterocycles. The lowest BCUT2D eigenvalue weighted by Gasteiger charge is -2.42. The summed E-state index contributed by atoms with van der Waals surface area (Å²) in [5.74, 6) is 1.52. The Morgan fingerprint density at radius 1 is 0.667 bits per heavy atom. The number of hydrogen-bond donors (Lipinski definition) is 0. The van der Waals surface area contributed by atoms with Crippen LogP contribution in [0.2, 0.25) is 0 Å². The van der Waals surface area contributed by atoms with Crippen LogP contribution in [0.1, 0.15) is 107 Å². The van der Waals surface area contributed by atoms with E-state index in [1.807, 2.05) is 0 Å². The Balaban J connectivity index is 4.85. The van der Waals surface area contributed by atoms with Crippen LogP contribution in [0.4, 0.5) is 0 Å². The van der Waals surface area contributed by atoms with Crippen LogP contribution < -0.4 is 0 Å². The highest BCUT2D eigenvalue weighted by atomic mass is 16.5. The minimum Gasteiger partial charge on any atom is -0.369 e. The summed E-state index contributed by atoms with van der Waals surface area (Å²) in [5.41, 5.74) is 0.111. The predicted octanol–water partition coefficient (Wildman–Crippen LogP) is 6.99. The van der Waals surface area contributed by atoms with E-state index >= 15 is 0 Å². The Morgan fingerprint density at radius 3 is 1.24 bits per heavy atom. The highest BCUT2D eigenvalue weighted by molar-refractivity contribution is 4.84. The average molecular weight is 299 g/mol. The SMILES string of the molecule is CCCC(C)(CCC(C)C)OC(C)(CCC)CCC(C)C. The minimum atomic E-state index is 0.0555. The van der Waals surface area contributed by atoms with Crippen LogP contribution in [0.15, 0.2) is 0 Å². The van der Waals surface area contributed by atoms with Crippen LogP contribution in [-0.4, -0.2) is 11.2 Å². The highest BCUT2D eigenvalue weighted by Gasteiger charge is 2.34. The third-order valence-corrected chi connectivity index (χ3v) is 4.55. The topological polar surface area (TPSA) is 9.23 Å². The second-order valence-electron chi connectivity index (χ2n) is 8.37. The molecule has 2 atom stereocenters. The first kappa shape index (κ1) is 21.0. The largest absolute Gasteiger partial charge is 0.369 e. The Kier molecular flexibility index (Phi) is 9.85. The van der Waals surface area contributed by atoms with E-state index in [1.165, 1.54) is 51.4 Å².